The SMILES string of the molecule is COc1cc(/C=C(/NC(=O)c2ccccc2)C(=O)O)ccc1OCc1ccccc1Br. The lowest BCUT2D eigenvalue weighted by atomic mass is 10.1. The summed E-state index contributed by atoms with van der Waals surface area (Å²) in [5.41, 5.74) is 1.63. The summed E-state index contributed by atoms with van der Waals surface area (Å²) in [4.78, 5) is 24.0. The van der Waals surface area contributed by atoms with Gasteiger partial charge >= 0.3 is 5.97 Å². The molecule has 0 heterocycles. The first-order valence-corrected chi connectivity index (χ1v) is 10.1. The van der Waals surface area contributed by atoms with Crippen LogP contribution < -0.4 is 14.8 Å². The molecule has 0 aromatic heterocycles. The number of carbonyl (C=O) groups excluding carboxylic acids is 1. The van der Waals surface area contributed by atoms with Gasteiger partial charge in [0, 0.05) is 15.6 Å². The lowest BCUT2D eigenvalue weighted by Gasteiger charge is -2.13. The Hall–Kier alpha value is -3.58. The molecule has 31 heavy (non-hydrogen) atoms. The van der Waals surface area contributed by atoms with E-state index in [1.165, 1.54) is 13.2 Å². The number of carboxylic acid groups (broad SMARTS) is 1. The Balaban J connectivity index is 1.79. The molecule has 1 amide bonds. The number of methoxy groups -OCH3 is 1. The molecule has 0 atom stereocenters. The van der Waals surface area contributed by atoms with Crippen LogP contribution in [0.3, 0.4) is 0 Å². The quantitative estimate of drug-likeness (QED) is 0.447. The molecule has 0 aliphatic rings. The van der Waals surface area contributed by atoms with E-state index in [2.05, 4.69) is 21.2 Å². The normalized spacial score (nSPS) is 11.0. The van der Waals surface area contributed by atoms with Gasteiger partial charge in [0.25, 0.3) is 5.91 Å². The van der Waals surface area contributed by atoms with Gasteiger partial charge in [-0.15, -0.1) is 0 Å². The van der Waals surface area contributed by atoms with Crippen molar-refractivity contribution >= 4 is 33.9 Å². The second-order valence-corrected chi connectivity index (χ2v) is 7.33. The summed E-state index contributed by atoms with van der Waals surface area (Å²) in [6.07, 6.45) is 1.36. The molecule has 0 saturated carbocycles. The monoisotopic (exact) mass is 481 g/mol. The Morgan fingerprint density at radius 3 is 2.39 bits per heavy atom. The Morgan fingerprint density at radius 2 is 1.71 bits per heavy atom. The van der Waals surface area contributed by atoms with E-state index in [0.717, 1.165) is 10.0 Å². The third kappa shape index (κ3) is 5.96. The second-order valence-electron chi connectivity index (χ2n) is 6.47. The minimum Gasteiger partial charge on any atom is -0.493 e. The molecule has 158 valence electrons. The van der Waals surface area contributed by atoms with Gasteiger partial charge in [-0.25, -0.2) is 4.79 Å². The molecule has 3 aromatic rings. The Bertz CT molecular complexity index is 1110. The first kappa shape index (κ1) is 22.1. The highest BCUT2D eigenvalue weighted by atomic mass is 79.9. The zero-order valence-electron chi connectivity index (χ0n) is 16.7. The fourth-order valence-corrected chi connectivity index (χ4v) is 3.17. The van der Waals surface area contributed by atoms with Crippen LogP contribution in [0.4, 0.5) is 0 Å². The number of amides is 1. The topological polar surface area (TPSA) is 84.9 Å². The lowest BCUT2D eigenvalue weighted by molar-refractivity contribution is -0.132. The molecule has 0 aliphatic heterocycles. The molecule has 0 spiro atoms. The van der Waals surface area contributed by atoms with Crippen LogP contribution in [0.1, 0.15) is 21.5 Å². The smallest absolute Gasteiger partial charge is 0.352 e. The van der Waals surface area contributed by atoms with Gasteiger partial charge < -0.3 is 19.9 Å². The van der Waals surface area contributed by atoms with Gasteiger partial charge in [-0.05, 0) is 42.0 Å². The van der Waals surface area contributed by atoms with Gasteiger partial charge in [-0.1, -0.05) is 58.4 Å². The fraction of sp³-hybridized carbons (Fsp3) is 0.0833. The summed E-state index contributed by atoms with van der Waals surface area (Å²) in [6.45, 7) is 0.334. The zero-order chi connectivity index (χ0) is 22.2. The van der Waals surface area contributed by atoms with E-state index in [9.17, 15) is 14.7 Å². The van der Waals surface area contributed by atoms with Crippen molar-refractivity contribution in [2.24, 2.45) is 0 Å². The molecule has 2 N–H and O–H groups in total. The van der Waals surface area contributed by atoms with E-state index >= 15 is 0 Å². The third-order valence-corrected chi connectivity index (χ3v) is 5.13. The van der Waals surface area contributed by atoms with Crippen molar-refractivity contribution in [2.75, 3.05) is 7.11 Å². The summed E-state index contributed by atoms with van der Waals surface area (Å²) in [7, 11) is 1.50. The maximum atomic E-state index is 12.3. The average molecular weight is 482 g/mol. The van der Waals surface area contributed by atoms with E-state index in [1.807, 2.05) is 24.3 Å². The molecular formula is C24H20BrNO5. The molecule has 0 saturated heterocycles. The summed E-state index contributed by atoms with van der Waals surface area (Å²) in [5.74, 6) is -0.798. The molecule has 3 rings (SSSR count). The maximum absolute atomic E-state index is 12.3. The number of hydrogen-bond acceptors (Lipinski definition) is 4. The second kappa shape index (κ2) is 10.4. The van der Waals surface area contributed by atoms with Gasteiger partial charge in [-0.3, -0.25) is 4.79 Å². The zero-order valence-corrected chi connectivity index (χ0v) is 18.3. The number of ether oxygens (including phenoxy) is 2. The van der Waals surface area contributed by atoms with Gasteiger partial charge in [-0.2, -0.15) is 0 Å². The van der Waals surface area contributed by atoms with Crippen molar-refractivity contribution in [1.82, 2.24) is 5.32 Å². The molecule has 0 unspecified atom stereocenters. The van der Waals surface area contributed by atoms with Crippen molar-refractivity contribution in [2.45, 2.75) is 6.61 Å². The molecule has 0 fully saturated rings. The number of nitrogens with one attached hydrogen (secondary N) is 1. The van der Waals surface area contributed by atoms with Crippen molar-refractivity contribution in [3.05, 3.63) is 99.7 Å². The number of benzene rings is 3. The number of hydrogen-bond donors (Lipinski definition) is 2. The first-order chi connectivity index (χ1) is 15.0. The van der Waals surface area contributed by atoms with Gasteiger partial charge in [0.1, 0.15) is 12.3 Å². The largest absolute Gasteiger partial charge is 0.493 e. The number of carboxylic acids is 1. The van der Waals surface area contributed by atoms with E-state index in [1.54, 1.807) is 48.5 Å². The predicted octanol–water partition coefficient (Wildman–Crippen LogP) is 4.89. The number of rotatable bonds is 8. The number of aliphatic carboxylic acids is 1. The number of halogens is 1. The molecule has 0 aliphatic carbocycles. The van der Waals surface area contributed by atoms with Crippen LogP contribution in [0, 0.1) is 0 Å². The van der Waals surface area contributed by atoms with E-state index in [0.29, 0.717) is 29.2 Å². The van der Waals surface area contributed by atoms with Crippen LogP contribution in [-0.2, 0) is 11.4 Å². The maximum Gasteiger partial charge on any atom is 0.352 e. The Labute approximate surface area is 188 Å². The molecule has 7 heteroatoms. The minimum absolute atomic E-state index is 0.252. The van der Waals surface area contributed by atoms with Gasteiger partial charge in [0.05, 0.1) is 7.11 Å². The van der Waals surface area contributed by atoms with Crippen LogP contribution in [0.15, 0.2) is 83.0 Å². The number of carbonyl (C=O) groups is 2. The highest BCUT2D eigenvalue weighted by Gasteiger charge is 2.14. The van der Waals surface area contributed by atoms with E-state index in [-0.39, 0.29) is 5.70 Å². The lowest BCUT2D eigenvalue weighted by Crippen LogP contribution is -2.27. The van der Waals surface area contributed by atoms with Crippen molar-refractivity contribution in [3.63, 3.8) is 0 Å². The summed E-state index contributed by atoms with van der Waals surface area (Å²) < 4.78 is 12.2. The Morgan fingerprint density at radius 1 is 1.00 bits per heavy atom. The molecule has 0 radical (unpaired) electrons. The Kier molecular flexibility index (Phi) is 7.45. The molecule has 6 nitrogen and oxygen atoms in total. The van der Waals surface area contributed by atoms with Crippen molar-refractivity contribution in [3.8, 4) is 11.5 Å². The fourth-order valence-electron chi connectivity index (χ4n) is 2.77. The summed E-state index contributed by atoms with van der Waals surface area (Å²) in [5, 5.41) is 11.9. The highest BCUT2D eigenvalue weighted by molar-refractivity contribution is 9.10. The van der Waals surface area contributed by atoms with Crippen LogP contribution in [0.25, 0.3) is 6.08 Å². The predicted molar refractivity (Wildman–Crippen MR) is 121 cm³/mol. The van der Waals surface area contributed by atoms with Crippen LogP contribution in [-0.4, -0.2) is 24.1 Å². The van der Waals surface area contributed by atoms with E-state index in [4.69, 9.17) is 9.47 Å². The van der Waals surface area contributed by atoms with Crippen LogP contribution in [0.5, 0.6) is 11.5 Å². The van der Waals surface area contributed by atoms with Crippen LogP contribution >= 0.6 is 15.9 Å². The van der Waals surface area contributed by atoms with Gasteiger partial charge in [0.2, 0.25) is 0 Å². The minimum atomic E-state index is -1.25. The van der Waals surface area contributed by atoms with Crippen molar-refractivity contribution < 1.29 is 24.2 Å². The van der Waals surface area contributed by atoms with Crippen LogP contribution in [0.2, 0.25) is 0 Å². The average Bonchev–Trinajstić information content (AvgIpc) is 2.79. The molecule has 3 aromatic carbocycles. The van der Waals surface area contributed by atoms with Gasteiger partial charge in [0.15, 0.2) is 11.5 Å². The standard InChI is InChI=1S/C24H20BrNO5/c1-30-22-14-16(11-12-21(22)31-15-18-9-5-6-10-19(18)25)13-20(24(28)29)26-23(27)17-7-3-2-4-8-17/h2-14H,15H2,1H3,(H,26,27)(H,28,29)/b20-13+. The summed E-state index contributed by atoms with van der Waals surface area (Å²) >= 11 is 3.48. The third-order valence-electron chi connectivity index (χ3n) is 4.35. The van der Waals surface area contributed by atoms with E-state index < -0.39 is 11.9 Å². The molecular weight excluding hydrogens is 462 g/mol. The first-order valence-electron chi connectivity index (χ1n) is 9.33. The summed E-state index contributed by atoms with van der Waals surface area (Å²) in [6, 6.07) is 21.2. The highest BCUT2D eigenvalue weighted by Crippen LogP contribution is 2.30. The van der Waals surface area contributed by atoms with Crippen molar-refractivity contribution in [1.29, 1.82) is 0 Å². The molecule has 0 bridgehead atoms.